The Labute approximate surface area is 124 Å². The highest BCUT2D eigenvalue weighted by atomic mass is 19.1. The predicted molar refractivity (Wildman–Crippen MR) is 78.1 cm³/mol. The van der Waals surface area contributed by atoms with E-state index in [4.69, 9.17) is 0 Å². The van der Waals surface area contributed by atoms with Crippen molar-refractivity contribution in [3.8, 4) is 0 Å². The maximum absolute atomic E-state index is 13.1. The minimum Gasteiger partial charge on any atom is -0.469 e. The van der Waals surface area contributed by atoms with E-state index in [9.17, 15) is 14.0 Å². The number of amides is 1. The van der Waals surface area contributed by atoms with Crippen molar-refractivity contribution in [3.05, 3.63) is 35.6 Å². The van der Waals surface area contributed by atoms with E-state index in [2.05, 4.69) is 4.74 Å². The lowest BCUT2D eigenvalue weighted by molar-refractivity contribution is -0.146. The van der Waals surface area contributed by atoms with Gasteiger partial charge in [0, 0.05) is 19.5 Å². The van der Waals surface area contributed by atoms with Crippen molar-refractivity contribution < 1.29 is 18.7 Å². The zero-order valence-corrected chi connectivity index (χ0v) is 12.9. The number of hydrogen-bond donors (Lipinski definition) is 0. The number of esters is 1. The normalized spacial score (nSPS) is 13.4. The number of hydrogen-bond acceptors (Lipinski definition) is 3. The van der Waals surface area contributed by atoms with Crippen LogP contribution in [-0.2, 0) is 20.7 Å². The van der Waals surface area contributed by atoms with Gasteiger partial charge in [0.15, 0.2) is 0 Å². The molecule has 2 atom stereocenters. The van der Waals surface area contributed by atoms with Gasteiger partial charge in [-0.2, -0.15) is 0 Å². The summed E-state index contributed by atoms with van der Waals surface area (Å²) in [7, 11) is 2.98. The van der Waals surface area contributed by atoms with Crippen LogP contribution in [0.5, 0.6) is 0 Å². The smallest absolute Gasteiger partial charge is 0.310 e. The molecule has 0 bridgehead atoms. The van der Waals surface area contributed by atoms with Gasteiger partial charge in [-0.1, -0.05) is 26.0 Å². The molecule has 0 aliphatic carbocycles. The maximum atomic E-state index is 13.1. The van der Waals surface area contributed by atoms with Crippen LogP contribution in [0.1, 0.15) is 19.4 Å². The summed E-state index contributed by atoms with van der Waals surface area (Å²) in [5, 5.41) is 0. The number of halogens is 1. The Kier molecular flexibility index (Phi) is 6.34. The molecule has 0 N–H and O–H groups in total. The summed E-state index contributed by atoms with van der Waals surface area (Å²) in [6.07, 6.45) is 0.466. The van der Waals surface area contributed by atoms with Gasteiger partial charge in [0.1, 0.15) is 5.82 Å². The van der Waals surface area contributed by atoms with Gasteiger partial charge in [-0.25, -0.2) is 4.39 Å². The topological polar surface area (TPSA) is 46.6 Å². The lowest BCUT2D eigenvalue weighted by Gasteiger charge is -2.23. The first-order valence-electron chi connectivity index (χ1n) is 6.92. The summed E-state index contributed by atoms with van der Waals surface area (Å²) in [6, 6.07) is 6.23. The lowest BCUT2D eigenvalue weighted by atomic mass is 9.99. The lowest BCUT2D eigenvalue weighted by Crippen LogP contribution is -2.37. The molecule has 5 heteroatoms. The number of carbonyl (C=O) groups excluding carboxylic acids is 2. The fourth-order valence-electron chi connectivity index (χ4n) is 2.26. The van der Waals surface area contributed by atoms with Crippen LogP contribution in [0.2, 0.25) is 0 Å². The van der Waals surface area contributed by atoms with Crippen molar-refractivity contribution in [2.75, 3.05) is 20.7 Å². The third-order valence-electron chi connectivity index (χ3n) is 3.38. The van der Waals surface area contributed by atoms with Crippen LogP contribution in [-0.4, -0.2) is 37.5 Å². The Morgan fingerprint density at radius 1 is 1.29 bits per heavy atom. The fraction of sp³-hybridized carbons (Fsp3) is 0.500. The molecule has 21 heavy (non-hydrogen) atoms. The Balaban J connectivity index is 2.59. The van der Waals surface area contributed by atoms with Crippen LogP contribution in [0, 0.1) is 17.7 Å². The average Bonchev–Trinajstić information content (AvgIpc) is 2.45. The van der Waals surface area contributed by atoms with E-state index in [-0.39, 0.29) is 29.5 Å². The minimum absolute atomic E-state index is 0.0741. The highest BCUT2D eigenvalue weighted by Crippen LogP contribution is 2.13. The molecule has 1 aromatic rings. The largest absolute Gasteiger partial charge is 0.469 e. The SMILES string of the molecule is COC(=O)C(C)CN(C)C(=O)C(C)Cc1cccc(F)c1. The molecule has 4 nitrogen and oxygen atoms in total. The zero-order chi connectivity index (χ0) is 16.0. The molecule has 0 aliphatic rings. The molecule has 0 heterocycles. The summed E-state index contributed by atoms with van der Waals surface area (Å²) in [6.45, 7) is 3.82. The van der Waals surface area contributed by atoms with E-state index in [1.54, 1.807) is 33.0 Å². The van der Waals surface area contributed by atoms with Crippen molar-refractivity contribution in [1.29, 1.82) is 0 Å². The van der Waals surface area contributed by atoms with Crippen molar-refractivity contribution in [1.82, 2.24) is 4.90 Å². The average molecular weight is 295 g/mol. The van der Waals surface area contributed by atoms with E-state index >= 15 is 0 Å². The predicted octanol–water partition coefficient (Wildman–Crippen LogP) is 2.27. The van der Waals surface area contributed by atoms with Crippen LogP contribution >= 0.6 is 0 Å². The molecule has 0 radical (unpaired) electrons. The molecular formula is C16H22FNO3. The molecule has 2 unspecified atom stereocenters. The van der Waals surface area contributed by atoms with Crippen LogP contribution in [0.4, 0.5) is 4.39 Å². The number of rotatable bonds is 6. The Morgan fingerprint density at radius 2 is 1.95 bits per heavy atom. The number of benzene rings is 1. The molecule has 0 aliphatic heterocycles. The van der Waals surface area contributed by atoms with Gasteiger partial charge < -0.3 is 9.64 Å². The van der Waals surface area contributed by atoms with E-state index in [0.29, 0.717) is 13.0 Å². The summed E-state index contributed by atoms with van der Waals surface area (Å²) in [5.41, 5.74) is 0.783. The molecule has 0 fully saturated rings. The van der Waals surface area contributed by atoms with Gasteiger partial charge in [0.05, 0.1) is 13.0 Å². The molecular weight excluding hydrogens is 273 g/mol. The Hall–Kier alpha value is -1.91. The molecule has 0 aromatic heterocycles. The number of nitrogens with zero attached hydrogens (tertiary/aromatic N) is 1. The second kappa shape index (κ2) is 7.76. The molecule has 1 amide bonds. The second-order valence-corrected chi connectivity index (χ2v) is 5.38. The van der Waals surface area contributed by atoms with Crippen LogP contribution in [0.15, 0.2) is 24.3 Å². The standard InChI is InChI=1S/C16H22FNO3/c1-11(8-13-6-5-7-14(17)9-13)15(19)18(3)10-12(2)16(20)21-4/h5-7,9,11-12H,8,10H2,1-4H3. The Bertz CT molecular complexity index is 504. The van der Waals surface area contributed by atoms with Gasteiger partial charge in [0.25, 0.3) is 0 Å². The summed E-state index contributed by atoms with van der Waals surface area (Å²) in [5.74, 6) is -1.37. The maximum Gasteiger partial charge on any atom is 0.310 e. The monoisotopic (exact) mass is 295 g/mol. The van der Waals surface area contributed by atoms with Gasteiger partial charge in [0.2, 0.25) is 5.91 Å². The van der Waals surface area contributed by atoms with Crippen LogP contribution in [0.25, 0.3) is 0 Å². The Morgan fingerprint density at radius 3 is 2.52 bits per heavy atom. The molecule has 1 rings (SSSR count). The molecule has 1 aromatic carbocycles. The summed E-state index contributed by atoms with van der Waals surface area (Å²) >= 11 is 0. The third kappa shape index (κ3) is 5.17. The van der Waals surface area contributed by atoms with Gasteiger partial charge >= 0.3 is 5.97 Å². The summed E-state index contributed by atoms with van der Waals surface area (Å²) in [4.78, 5) is 25.1. The molecule has 0 saturated carbocycles. The molecule has 116 valence electrons. The van der Waals surface area contributed by atoms with Gasteiger partial charge in [-0.05, 0) is 24.1 Å². The zero-order valence-electron chi connectivity index (χ0n) is 12.9. The van der Waals surface area contributed by atoms with Gasteiger partial charge in [-0.3, -0.25) is 9.59 Å². The van der Waals surface area contributed by atoms with E-state index in [0.717, 1.165) is 5.56 Å². The second-order valence-electron chi connectivity index (χ2n) is 5.38. The van der Waals surface area contributed by atoms with Crippen molar-refractivity contribution >= 4 is 11.9 Å². The first-order valence-corrected chi connectivity index (χ1v) is 6.92. The highest BCUT2D eigenvalue weighted by molar-refractivity contribution is 5.79. The first-order chi connectivity index (χ1) is 9.85. The first kappa shape index (κ1) is 17.1. The van der Waals surface area contributed by atoms with Crippen molar-refractivity contribution in [3.63, 3.8) is 0 Å². The van der Waals surface area contributed by atoms with Crippen LogP contribution in [0.3, 0.4) is 0 Å². The van der Waals surface area contributed by atoms with Crippen molar-refractivity contribution in [2.24, 2.45) is 11.8 Å². The van der Waals surface area contributed by atoms with Gasteiger partial charge in [-0.15, -0.1) is 0 Å². The fourth-order valence-corrected chi connectivity index (χ4v) is 2.26. The number of ether oxygens (including phenoxy) is 1. The molecule has 0 saturated heterocycles. The summed E-state index contributed by atoms with van der Waals surface area (Å²) < 4.78 is 17.8. The van der Waals surface area contributed by atoms with Crippen LogP contribution < -0.4 is 0 Å². The van der Waals surface area contributed by atoms with Crippen molar-refractivity contribution in [2.45, 2.75) is 20.3 Å². The van der Waals surface area contributed by atoms with E-state index in [1.165, 1.54) is 24.1 Å². The third-order valence-corrected chi connectivity index (χ3v) is 3.38. The van der Waals surface area contributed by atoms with E-state index in [1.807, 2.05) is 0 Å². The quantitative estimate of drug-likeness (QED) is 0.756. The number of methoxy groups -OCH3 is 1. The minimum atomic E-state index is -0.370. The highest BCUT2D eigenvalue weighted by Gasteiger charge is 2.22. The molecule has 0 spiro atoms. The van der Waals surface area contributed by atoms with E-state index < -0.39 is 0 Å². The number of carbonyl (C=O) groups is 2.